The molecule has 1 saturated carbocycles. The number of sulfonamides is 1. The van der Waals surface area contributed by atoms with Gasteiger partial charge in [0.05, 0.1) is 0 Å². The summed E-state index contributed by atoms with van der Waals surface area (Å²) in [4.78, 5) is 4.19. The van der Waals surface area contributed by atoms with Gasteiger partial charge in [0.25, 0.3) is 10.0 Å². The smallest absolute Gasteiger partial charge is 0.260 e. The van der Waals surface area contributed by atoms with Gasteiger partial charge in [-0.25, -0.2) is 13.4 Å². The molecule has 2 heterocycles. The Bertz CT molecular complexity index is 598. The molecule has 0 radical (unpaired) electrons. The van der Waals surface area contributed by atoms with E-state index in [0.29, 0.717) is 25.0 Å². The number of fused-ring (bicyclic) bond motifs is 2. The van der Waals surface area contributed by atoms with E-state index in [4.69, 9.17) is 0 Å². The molecule has 2 unspecified atom stereocenters. The molecule has 1 aromatic heterocycles. The Morgan fingerprint density at radius 2 is 2.19 bits per heavy atom. The van der Waals surface area contributed by atoms with Crippen LogP contribution in [0.15, 0.2) is 23.4 Å². The average Bonchev–Trinajstić information content (AvgIpc) is 3.08. The Kier molecular flexibility index (Phi) is 4.03. The zero-order valence-electron chi connectivity index (χ0n) is 12.6. The first kappa shape index (κ1) is 14.9. The molecule has 0 spiro atoms. The summed E-state index contributed by atoms with van der Waals surface area (Å²) in [5.41, 5.74) is 1.01. The van der Waals surface area contributed by atoms with E-state index >= 15 is 0 Å². The summed E-state index contributed by atoms with van der Waals surface area (Å²) in [6.45, 7) is 5.54. The molecule has 2 bridgehead atoms. The van der Waals surface area contributed by atoms with E-state index in [1.807, 2.05) is 6.07 Å². The molecule has 2 aliphatic rings. The summed E-state index contributed by atoms with van der Waals surface area (Å²) in [7, 11) is -3.42. The lowest BCUT2D eigenvalue weighted by atomic mass is 10.1. The first-order chi connectivity index (χ1) is 9.96. The van der Waals surface area contributed by atoms with Crippen molar-refractivity contribution in [2.24, 2.45) is 5.92 Å². The summed E-state index contributed by atoms with van der Waals surface area (Å²) >= 11 is 0. The van der Waals surface area contributed by atoms with Crippen LogP contribution in [0.2, 0.25) is 0 Å². The van der Waals surface area contributed by atoms with Gasteiger partial charge in [-0.1, -0.05) is 19.9 Å². The Morgan fingerprint density at radius 3 is 2.71 bits per heavy atom. The van der Waals surface area contributed by atoms with E-state index in [-0.39, 0.29) is 11.1 Å². The Labute approximate surface area is 126 Å². The molecule has 6 heteroatoms. The molecule has 1 aliphatic carbocycles. The van der Waals surface area contributed by atoms with Gasteiger partial charge in [-0.3, -0.25) is 0 Å². The highest BCUT2D eigenvalue weighted by molar-refractivity contribution is 7.89. The molecular weight excluding hydrogens is 286 g/mol. The number of rotatable bonds is 5. The van der Waals surface area contributed by atoms with Gasteiger partial charge in [0.1, 0.15) is 0 Å². The van der Waals surface area contributed by atoms with Crippen LogP contribution in [0.25, 0.3) is 0 Å². The van der Waals surface area contributed by atoms with Crippen LogP contribution >= 0.6 is 0 Å². The van der Waals surface area contributed by atoms with E-state index < -0.39 is 10.0 Å². The molecule has 1 aliphatic heterocycles. The number of nitrogens with one attached hydrogen (secondary N) is 1. The van der Waals surface area contributed by atoms with E-state index in [1.165, 1.54) is 6.42 Å². The first-order valence-corrected chi connectivity index (χ1v) is 9.11. The quantitative estimate of drug-likeness (QED) is 0.900. The van der Waals surface area contributed by atoms with Gasteiger partial charge in [0.2, 0.25) is 0 Å². The average molecular weight is 309 g/mol. The van der Waals surface area contributed by atoms with Crippen molar-refractivity contribution in [3.8, 4) is 0 Å². The maximum absolute atomic E-state index is 12.6. The lowest BCUT2D eigenvalue weighted by Crippen LogP contribution is -2.38. The fraction of sp³-hybridized carbons (Fsp3) is 0.667. The molecule has 116 valence electrons. The van der Waals surface area contributed by atoms with E-state index in [0.717, 1.165) is 18.4 Å². The maximum atomic E-state index is 12.6. The number of pyridine rings is 1. The molecular formula is C15H23N3O2S. The number of piperidine rings is 1. The van der Waals surface area contributed by atoms with Gasteiger partial charge in [0.15, 0.2) is 5.03 Å². The predicted molar refractivity (Wildman–Crippen MR) is 81.2 cm³/mol. The minimum atomic E-state index is -3.42. The van der Waals surface area contributed by atoms with E-state index in [1.54, 1.807) is 16.6 Å². The summed E-state index contributed by atoms with van der Waals surface area (Å²) in [5, 5.41) is 3.48. The zero-order valence-corrected chi connectivity index (χ0v) is 13.4. The second-order valence-electron chi connectivity index (χ2n) is 6.45. The predicted octanol–water partition coefficient (Wildman–Crippen LogP) is 1.75. The maximum Gasteiger partial charge on any atom is 0.260 e. The van der Waals surface area contributed by atoms with Crippen LogP contribution < -0.4 is 5.32 Å². The van der Waals surface area contributed by atoms with Crippen molar-refractivity contribution < 1.29 is 8.42 Å². The summed E-state index contributed by atoms with van der Waals surface area (Å²) in [6.07, 6.45) is 4.86. The lowest BCUT2D eigenvalue weighted by molar-refractivity contribution is 0.332. The number of hydrogen-bond donors (Lipinski definition) is 1. The van der Waals surface area contributed by atoms with Crippen molar-refractivity contribution in [1.82, 2.24) is 14.6 Å². The van der Waals surface area contributed by atoms with Gasteiger partial charge in [-0.2, -0.15) is 4.31 Å². The van der Waals surface area contributed by atoms with Crippen LogP contribution in [-0.2, 0) is 16.6 Å². The Balaban J connectivity index is 1.74. The van der Waals surface area contributed by atoms with Crippen LogP contribution in [0.1, 0.15) is 38.7 Å². The van der Waals surface area contributed by atoms with Crippen LogP contribution in [0.3, 0.4) is 0 Å². The SMILES string of the molecule is CC(C)NCc1ccc(S(=O)(=O)N2CC3CCC2C3)nc1. The van der Waals surface area contributed by atoms with Gasteiger partial charge in [-0.15, -0.1) is 0 Å². The van der Waals surface area contributed by atoms with Crippen LogP contribution in [0.4, 0.5) is 0 Å². The molecule has 1 aromatic rings. The standard InChI is InChI=1S/C15H23N3O2S/c1-11(2)16-8-13-4-6-15(17-9-13)21(19,20)18-10-12-3-5-14(18)7-12/h4,6,9,11-12,14,16H,3,5,7-8,10H2,1-2H3. The monoisotopic (exact) mass is 309 g/mol. The van der Waals surface area contributed by atoms with Gasteiger partial charge in [0, 0.05) is 31.4 Å². The molecule has 0 aromatic carbocycles. The number of aromatic nitrogens is 1. The Hall–Kier alpha value is -0.980. The van der Waals surface area contributed by atoms with Gasteiger partial charge >= 0.3 is 0 Å². The van der Waals surface area contributed by atoms with Crippen molar-refractivity contribution >= 4 is 10.0 Å². The topological polar surface area (TPSA) is 62.3 Å². The van der Waals surface area contributed by atoms with Crippen molar-refractivity contribution in [2.75, 3.05) is 6.54 Å². The highest BCUT2D eigenvalue weighted by Crippen LogP contribution is 2.40. The Morgan fingerprint density at radius 1 is 1.38 bits per heavy atom. The van der Waals surface area contributed by atoms with Gasteiger partial charge in [-0.05, 0) is 36.8 Å². The van der Waals surface area contributed by atoms with E-state index in [2.05, 4.69) is 24.1 Å². The molecule has 2 fully saturated rings. The fourth-order valence-electron chi connectivity index (χ4n) is 3.28. The molecule has 1 N–H and O–H groups in total. The van der Waals surface area contributed by atoms with Crippen molar-refractivity contribution in [3.05, 3.63) is 23.9 Å². The largest absolute Gasteiger partial charge is 0.310 e. The number of hydrogen-bond acceptors (Lipinski definition) is 4. The summed E-state index contributed by atoms with van der Waals surface area (Å²) in [6, 6.07) is 4.08. The van der Waals surface area contributed by atoms with E-state index in [9.17, 15) is 8.42 Å². The number of nitrogens with zero attached hydrogens (tertiary/aromatic N) is 2. The van der Waals surface area contributed by atoms with Crippen LogP contribution in [0, 0.1) is 5.92 Å². The van der Waals surface area contributed by atoms with Crippen molar-refractivity contribution in [3.63, 3.8) is 0 Å². The lowest BCUT2D eigenvalue weighted by Gasteiger charge is -2.25. The third-order valence-corrected chi connectivity index (χ3v) is 6.28. The summed E-state index contributed by atoms with van der Waals surface area (Å²) < 4.78 is 27.0. The molecule has 3 rings (SSSR count). The molecule has 5 nitrogen and oxygen atoms in total. The molecule has 0 amide bonds. The highest BCUT2D eigenvalue weighted by atomic mass is 32.2. The molecule has 1 saturated heterocycles. The third kappa shape index (κ3) is 2.98. The van der Waals surface area contributed by atoms with Crippen LogP contribution in [-0.4, -0.2) is 36.3 Å². The molecule has 21 heavy (non-hydrogen) atoms. The normalized spacial score (nSPS) is 25.9. The van der Waals surface area contributed by atoms with Crippen molar-refractivity contribution in [1.29, 1.82) is 0 Å². The second kappa shape index (κ2) is 5.66. The third-order valence-electron chi connectivity index (χ3n) is 4.44. The van der Waals surface area contributed by atoms with Gasteiger partial charge < -0.3 is 5.32 Å². The minimum absolute atomic E-state index is 0.184. The fourth-order valence-corrected chi connectivity index (χ4v) is 4.94. The minimum Gasteiger partial charge on any atom is -0.310 e. The molecule has 2 atom stereocenters. The van der Waals surface area contributed by atoms with Crippen molar-refractivity contribution in [2.45, 2.75) is 56.8 Å². The zero-order chi connectivity index (χ0) is 15.0. The first-order valence-electron chi connectivity index (χ1n) is 7.67. The summed E-state index contributed by atoms with van der Waals surface area (Å²) in [5.74, 6) is 0.555. The highest BCUT2D eigenvalue weighted by Gasteiger charge is 2.44. The second-order valence-corrected chi connectivity index (χ2v) is 8.29. The van der Waals surface area contributed by atoms with Crippen LogP contribution in [0.5, 0.6) is 0 Å².